The fourth-order valence-electron chi connectivity index (χ4n) is 2.45. The van der Waals surface area contributed by atoms with Crippen molar-refractivity contribution in [2.24, 2.45) is 0 Å². The number of rotatable bonds is 6. The third kappa shape index (κ3) is 4.46. The van der Waals surface area contributed by atoms with Gasteiger partial charge in [0.2, 0.25) is 0 Å². The van der Waals surface area contributed by atoms with Crippen LogP contribution in [0.25, 0.3) is 6.08 Å². The first kappa shape index (κ1) is 17.6. The Balaban J connectivity index is 1.81. The maximum absolute atomic E-state index is 12.2. The highest BCUT2D eigenvalue weighted by Crippen LogP contribution is 2.23. The summed E-state index contributed by atoms with van der Waals surface area (Å²) in [6.07, 6.45) is 7.10. The predicted octanol–water partition coefficient (Wildman–Crippen LogP) is 4.97. The number of ketones is 1. The molecular weight excluding hydrogens is 400 g/mol. The first-order chi connectivity index (χ1) is 12.0. The van der Waals surface area contributed by atoms with Crippen molar-refractivity contribution in [1.29, 1.82) is 0 Å². The lowest BCUT2D eigenvalue weighted by atomic mass is 10.1. The Labute approximate surface area is 158 Å². The van der Waals surface area contributed by atoms with Gasteiger partial charge in [-0.05, 0) is 58.8 Å². The summed E-state index contributed by atoms with van der Waals surface area (Å²) in [5.41, 5.74) is 1.95. The molecule has 3 aromatic rings. The van der Waals surface area contributed by atoms with E-state index < -0.39 is 0 Å². The van der Waals surface area contributed by atoms with Crippen LogP contribution in [0.5, 0.6) is 5.75 Å². The van der Waals surface area contributed by atoms with Crippen LogP contribution >= 0.6 is 27.3 Å². The van der Waals surface area contributed by atoms with Gasteiger partial charge in [-0.2, -0.15) is 5.10 Å². The molecule has 0 N–H and O–H groups in total. The second-order valence-electron chi connectivity index (χ2n) is 5.54. The molecule has 0 saturated carbocycles. The SMILES string of the molecule is COc1ccc(/C=C/C(=O)c2ccc(C)s2)cc1Cn1cc(Br)cn1. The molecule has 0 aliphatic carbocycles. The average Bonchev–Trinajstić information content (AvgIpc) is 3.21. The van der Waals surface area contributed by atoms with Gasteiger partial charge in [0.05, 0.1) is 29.2 Å². The summed E-state index contributed by atoms with van der Waals surface area (Å²) in [4.78, 5) is 14.1. The number of aryl methyl sites for hydroxylation is 1. The van der Waals surface area contributed by atoms with Gasteiger partial charge >= 0.3 is 0 Å². The van der Waals surface area contributed by atoms with Crippen molar-refractivity contribution in [2.45, 2.75) is 13.5 Å². The van der Waals surface area contributed by atoms with Gasteiger partial charge in [0.25, 0.3) is 0 Å². The van der Waals surface area contributed by atoms with Crippen molar-refractivity contribution in [3.05, 3.63) is 74.2 Å². The normalized spacial score (nSPS) is 11.2. The maximum Gasteiger partial charge on any atom is 0.195 e. The molecule has 0 radical (unpaired) electrons. The quantitative estimate of drug-likeness (QED) is 0.420. The number of thiophene rings is 1. The van der Waals surface area contributed by atoms with E-state index in [2.05, 4.69) is 21.0 Å². The first-order valence-corrected chi connectivity index (χ1v) is 9.30. The van der Waals surface area contributed by atoms with E-state index in [1.165, 1.54) is 11.3 Å². The van der Waals surface area contributed by atoms with Gasteiger partial charge in [0.15, 0.2) is 5.78 Å². The van der Waals surface area contributed by atoms with Crippen LogP contribution in [-0.4, -0.2) is 22.7 Å². The average molecular weight is 417 g/mol. The minimum atomic E-state index is 0.0199. The fraction of sp³-hybridized carbons (Fsp3) is 0.158. The second-order valence-corrected chi connectivity index (χ2v) is 7.74. The van der Waals surface area contributed by atoms with Gasteiger partial charge in [0.1, 0.15) is 5.75 Å². The predicted molar refractivity (Wildman–Crippen MR) is 104 cm³/mol. The minimum Gasteiger partial charge on any atom is -0.496 e. The molecule has 1 aromatic carbocycles. The van der Waals surface area contributed by atoms with Crippen LogP contribution in [0.2, 0.25) is 0 Å². The number of ether oxygens (including phenoxy) is 1. The van der Waals surface area contributed by atoms with E-state index >= 15 is 0 Å². The molecule has 2 heterocycles. The summed E-state index contributed by atoms with van der Waals surface area (Å²) in [6.45, 7) is 2.59. The molecule has 3 rings (SSSR count). The lowest BCUT2D eigenvalue weighted by molar-refractivity contribution is 0.105. The van der Waals surface area contributed by atoms with Crippen LogP contribution in [0, 0.1) is 6.92 Å². The molecule has 6 heteroatoms. The number of carbonyl (C=O) groups is 1. The lowest BCUT2D eigenvalue weighted by Crippen LogP contribution is -2.02. The van der Waals surface area contributed by atoms with Crippen LogP contribution in [0.1, 0.15) is 25.7 Å². The van der Waals surface area contributed by atoms with E-state index in [1.807, 2.05) is 54.2 Å². The van der Waals surface area contributed by atoms with E-state index in [0.29, 0.717) is 6.54 Å². The zero-order valence-electron chi connectivity index (χ0n) is 13.9. The van der Waals surface area contributed by atoms with Crippen molar-refractivity contribution in [3.63, 3.8) is 0 Å². The van der Waals surface area contributed by atoms with Crippen molar-refractivity contribution < 1.29 is 9.53 Å². The van der Waals surface area contributed by atoms with E-state index in [4.69, 9.17) is 4.74 Å². The number of hydrogen-bond donors (Lipinski definition) is 0. The Morgan fingerprint density at radius 3 is 2.84 bits per heavy atom. The van der Waals surface area contributed by atoms with E-state index in [9.17, 15) is 4.79 Å². The van der Waals surface area contributed by atoms with Crippen LogP contribution in [0.4, 0.5) is 0 Å². The summed E-state index contributed by atoms with van der Waals surface area (Å²) in [5.74, 6) is 0.815. The van der Waals surface area contributed by atoms with Gasteiger partial charge in [-0.25, -0.2) is 0 Å². The summed E-state index contributed by atoms with van der Waals surface area (Å²) < 4.78 is 8.19. The summed E-state index contributed by atoms with van der Waals surface area (Å²) >= 11 is 4.91. The van der Waals surface area contributed by atoms with Gasteiger partial charge in [0, 0.05) is 16.6 Å². The molecule has 0 aliphatic rings. The monoisotopic (exact) mass is 416 g/mol. The van der Waals surface area contributed by atoms with E-state index in [1.54, 1.807) is 19.4 Å². The van der Waals surface area contributed by atoms with Gasteiger partial charge in [-0.3, -0.25) is 9.48 Å². The molecule has 0 bridgehead atoms. The Morgan fingerprint density at radius 1 is 1.36 bits per heavy atom. The number of carbonyl (C=O) groups excluding carboxylic acids is 1. The molecule has 0 fully saturated rings. The highest BCUT2D eigenvalue weighted by Gasteiger charge is 2.07. The minimum absolute atomic E-state index is 0.0199. The van der Waals surface area contributed by atoms with Gasteiger partial charge in [-0.15, -0.1) is 11.3 Å². The number of nitrogens with zero attached hydrogens (tertiary/aromatic N) is 2. The summed E-state index contributed by atoms with van der Waals surface area (Å²) in [5, 5.41) is 4.28. The molecule has 2 aromatic heterocycles. The largest absolute Gasteiger partial charge is 0.496 e. The molecule has 0 aliphatic heterocycles. The number of benzene rings is 1. The molecule has 0 saturated heterocycles. The maximum atomic E-state index is 12.2. The topological polar surface area (TPSA) is 44.1 Å². The van der Waals surface area contributed by atoms with E-state index in [-0.39, 0.29) is 5.78 Å². The summed E-state index contributed by atoms with van der Waals surface area (Å²) in [7, 11) is 1.65. The zero-order valence-corrected chi connectivity index (χ0v) is 16.3. The lowest BCUT2D eigenvalue weighted by Gasteiger charge is -2.09. The molecular formula is C19H17BrN2O2S. The third-order valence-corrected chi connectivity index (χ3v) is 5.07. The Morgan fingerprint density at radius 2 is 2.20 bits per heavy atom. The first-order valence-electron chi connectivity index (χ1n) is 7.69. The molecule has 25 heavy (non-hydrogen) atoms. The third-order valence-electron chi connectivity index (χ3n) is 3.65. The molecule has 0 atom stereocenters. The fourth-order valence-corrected chi connectivity index (χ4v) is 3.56. The van der Waals surface area contributed by atoms with Crippen LogP contribution < -0.4 is 4.74 Å². The van der Waals surface area contributed by atoms with Gasteiger partial charge in [-0.1, -0.05) is 12.1 Å². The highest BCUT2D eigenvalue weighted by molar-refractivity contribution is 9.10. The zero-order chi connectivity index (χ0) is 17.8. The van der Waals surface area contributed by atoms with Crippen LogP contribution in [-0.2, 0) is 6.54 Å². The smallest absolute Gasteiger partial charge is 0.195 e. The summed E-state index contributed by atoms with van der Waals surface area (Å²) in [6, 6.07) is 9.68. The standard InChI is InChI=1S/C19H17BrN2O2S/c1-13-3-8-19(25-13)17(23)6-4-14-5-7-18(24-2)15(9-14)11-22-12-16(20)10-21-22/h3-10,12H,11H2,1-2H3/b6-4+. The number of methoxy groups -OCH3 is 1. The Bertz CT molecular complexity index is 927. The van der Waals surface area contributed by atoms with Crippen molar-refractivity contribution in [1.82, 2.24) is 9.78 Å². The van der Waals surface area contributed by atoms with Gasteiger partial charge < -0.3 is 4.74 Å². The molecule has 0 unspecified atom stereocenters. The molecule has 0 spiro atoms. The van der Waals surface area contributed by atoms with E-state index in [0.717, 1.165) is 31.1 Å². The van der Waals surface area contributed by atoms with Crippen LogP contribution in [0.15, 0.2) is 53.3 Å². The van der Waals surface area contributed by atoms with Crippen LogP contribution in [0.3, 0.4) is 0 Å². The van der Waals surface area contributed by atoms with Crippen molar-refractivity contribution >= 4 is 39.1 Å². The second kappa shape index (κ2) is 7.80. The Kier molecular flexibility index (Phi) is 5.50. The Hall–Kier alpha value is -2.18. The number of halogens is 1. The van der Waals surface area contributed by atoms with Crippen molar-refractivity contribution in [2.75, 3.05) is 7.11 Å². The number of hydrogen-bond acceptors (Lipinski definition) is 4. The number of allylic oxidation sites excluding steroid dienone is 1. The molecule has 4 nitrogen and oxygen atoms in total. The molecule has 0 amide bonds. The molecule has 128 valence electrons. The van der Waals surface area contributed by atoms with Crippen molar-refractivity contribution in [3.8, 4) is 5.75 Å². The highest BCUT2D eigenvalue weighted by atomic mass is 79.9. The number of aromatic nitrogens is 2.